The zero-order valence-electron chi connectivity index (χ0n) is 10.5. The lowest BCUT2D eigenvalue weighted by Gasteiger charge is -2.45. The van der Waals surface area contributed by atoms with Gasteiger partial charge >= 0.3 is 12.1 Å². The molecule has 0 heterocycles. The average molecular weight is 276 g/mol. The number of hydrogen-bond donors (Lipinski definition) is 0. The van der Waals surface area contributed by atoms with Crippen LogP contribution < -0.4 is 0 Å². The van der Waals surface area contributed by atoms with E-state index in [1.165, 1.54) is 6.92 Å². The molecule has 0 radical (unpaired) electrons. The van der Waals surface area contributed by atoms with E-state index in [2.05, 4.69) is 0 Å². The van der Waals surface area contributed by atoms with Crippen LogP contribution in [0.25, 0.3) is 0 Å². The summed E-state index contributed by atoms with van der Waals surface area (Å²) in [7, 11) is 0. The lowest BCUT2D eigenvalue weighted by molar-refractivity contribution is -0.196. The highest BCUT2D eigenvalue weighted by Gasteiger charge is 2.63. The van der Waals surface area contributed by atoms with Crippen LogP contribution in [0.4, 0.5) is 13.2 Å². The van der Waals surface area contributed by atoms with E-state index in [0.717, 1.165) is 0 Å². The van der Waals surface area contributed by atoms with E-state index >= 15 is 0 Å². The highest BCUT2D eigenvalue weighted by Crippen LogP contribution is 2.52. The van der Waals surface area contributed by atoms with Crippen molar-refractivity contribution in [2.45, 2.75) is 32.4 Å². The smallest absolute Gasteiger partial charge is 0.451 e. The van der Waals surface area contributed by atoms with Crippen LogP contribution >= 0.6 is 0 Å². The van der Waals surface area contributed by atoms with E-state index in [1.807, 2.05) is 0 Å². The lowest BCUT2D eigenvalue weighted by atomic mass is 9.57. The third-order valence-electron chi connectivity index (χ3n) is 3.98. The topological polar surface area (TPSA) is 43.4 Å². The zero-order chi connectivity index (χ0) is 14.3. The maximum atomic E-state index is 12.8. The molecule has 19 heavy (non-hydrogen) atoms. The fraction of sp³-hybridized carbons (Fsp3) is 0.692. The number of alkyl halides is 3. The molecule has 6 heteroatoms. The van der Waals surface area contributed by atoms with E-state index in [9.17, 15) is 22.8 Å². The molecule has 3 atom stereocenters. The van der Waals surface area contributed by atoms with Crippen molar-refractivity contribution in [2.75, 3.05) is 6.61 Å². The van der Waals surface area contributed by atoms with E-state index in [0.29, 0.717) is 12.8 Å². The first kappa shape index (κ1) is 14.1. The summed E-state index contributed by atoms with van der Waals surface area (Å²) < 4.78 is 43.2. The molecule has 0 aliphatic heterocycles. The maximum Gasteiger partial charge on any atom is 0.451 e. The summed E-state index contributed by atoms with van der Waals surface area (Å²) >= 11 is 0. The molecule has 0 aromatic heterocycles. The van der Waals surface area contributed by atoms with Crippen LogP contribution in [0.5, 0.6) is 0 Å². The molecule has 0 aromatic carbocycles. The molecule has 0 spiro atoms. The second-order valence-corrected chi connectivity index (χ2v) is 5.05. The Morgan fingerprint density at radius 3 is 2.37 bits per heavy atom. The van der Waals surface area contributed by atoms with Crippen molar-refractivity contribution in [1.82, 2.24) is 0 Å². The van der Waals surface area contributed by atoms with Gasteiger partial charge in [-0.05, 0) is 32.1 Å². The minimum atomic E-state index is -5.02. The predicted molar refractivity (Wildman–Crippen MR) is 60.1 cm³/mol. The van der Waals surface area contributed by atoms with Gasteiger partial charge in [0.2, 0.25) is 0 Å². The predicted octanol–water partition coefficient (Wildman–Crippen LogP) is 2.65. The number of carbonyl (C=O) groups excluding carboxylic acids is 2. The Morgan fingerprint density at radius 1 is 1.32 bits per heavy atom. The minimum absolute atomic E-state index is 0.0349. The van der Waals surface area contributed by atoms with Gasteiger partial charge in [-0.1, -0.05) is 12.2 Å². The summed E-state index contributed by atoms with van der Waals surface area (Å²) in [4.78, 5) is 23.8. The monoisotopic (exact) mass is 276 g/mol. The summed E-state index contributed by atoms with van der Waals surface area (Å²) in [5.74, 6) is -3.85. The van der Waals surface area contributed by atoms with Crippen LogP contribution in [0, 0.1) is 17.3 Å². The number of halogens is 3. The molecule has 0 aromatic rings. The molecule has 0 amide bonds. The van der Waals surface area contributed by atoms with Crippen LogP contribution in [-0.4, -0.2) is 24.5 Å². The van der Waals surface area contributed by atoms with Gasteiger partial charge in [-0.2, -0.15) is 13.2 Å². The molecule has 3 aliphatic rings. The van der Waals surface area contributed by atoms with Gasteiger partial charge in [0.05, 0.1) is 6.61 Å². The largest absolute Gasteiger partial charge is 0.465 e. The Morgan fingerprint density at radius 2 is 2.00 bits per heavy atom. The van der Waals surface area contributed by atoms with E-state index in [1.54, 1.807) is 12.2 Å². The van der Waals surface area contributed by atoms with Crippen molar-refractivity contribution in [3.8, 4) is 0 Å². The van der Waals surface area contributed by atoms with Gasteiger partial charge in [-0.3, -0.25) is 9.59 Å². The third-order valence-corrected chi connectivity index (χ3v) is 3.98. The van der Waals surface area contributed by atoms with Crippen LogP contribution in [0.3, 0.4) is 0 Å². The average Bonchev–Trinajstić information content (AvgIpc) is 2.38. The molecule has 2 bridgehead atoms. The molecule has 3 nitrogen and oxygen atoms in total. The molecule has 106 valence electrons. The normalized spacial score (nSPS) is 33.3. The van der Waals surface area contributed by atoms with Gasteiger partial charge in [0.25, 0.3) is 5.78 Å². The summed E-state index contributed by atoms with van der Waals surface area (Å²) in [6.45, 7) is 1.48. The van der Waals surface area contributed by atoms with Crippen LogP contribution in [-0.2, 0) is 14.3 Å². The van der Waals surface area contributed by atoms with E-state index < -0.39 is 29.3 Å². The van der Waals surface area contributed by atoms with Crippen LogP contribution in [0.1, 0.15) is 26.2 Å². The summed E-state index contributed by atoms with van der Waals surface area (Å²) in [5.41, 5.74) is -2.06. The molecule has 0 N–H and O–H groups in total. The van der Waals surface area contributed by atoms with Crippen LogP contribution in [0.2, 0.25) is 0 Å². The van der Waals surface area contributed by atoms with Crippen molar-refractivity contribution in [2.24, 2.45) is 17.3 Å². The van der Waals surface area contributed by atoms with E-state index in [4.69, 9.17) is 4.74 Å². The molecule has 1 fully saturated rings. The minimum Gasteiger partial charge on any atom is -0.465 e. The van der Waals surface area contributed by atoms with Gasteiger partial charge in [-0.15, -0.1) is 0 Å². The third kappa shape index (κ3) is 2.17. The van der Waals surface area contributed by atoms with Gasteiger partial charge < -0.3 is 4.74 Å². The Kier molecular flexibility index (Phi) is 3.45. The number of ether oxygens (including phenoxy) is 1. The molecular weight excluding hydrogens is 261 g/mol. The lowest BCUT2D eigenvalue weighted by Crippen LogP contribution is -2.55. The van der Waals surface area contributed by atoms with Crippen molar-refractivity contribution >= 4 is 11.8 Å². The number of rotatable bonds is 3. The molecule has 0 saturated heterocycles. The Balaban J connectivity index is 2.43. The summed E-state index contributed by atoms with van der Waals surface area (Å²) in [6, 6.07) is 0. The first-order chi connectivity index (χ1) is 8.82. The standard InChI is InChI=1S/C13H15F3O3/c1-2-19-11(18)12(10(17)13(14,15)16)7-8-3-5-9(12)6-4-8/h3,5,8-9H,2,4,6-7H2,1H3/t8-,9+,12-/m1/s1. The maximum absolute atomic E-state index is 12.8. The van der Waals surface area contributed by atoms with Crippen LogP contribution in [0.15, 0.2) is 12.2 Å². The first-order valence-corrected chi connectivity index (χ1v) is 6.29. The number of allylic oxidation sites excluding steroid dienone is 2. The zero-order valence-corrected chi connectivity index (χ0v) is 10.5. The summed E-state index contributed by atoms with van der Waals surface area (Å²) in [5, 5.41) is 0. The van der Waals surface area contributed by atoms with Crippen molar-refractivity contribution in [3.05, 3.63) is 12.2 Å². The quantitative estimate of drug-likeness (QED) is 0.452. The van der Waals surface area contributed by atoms with Gasteiger partial charge in [-0.25, -0.2) is 0 Å². The van der Waals surface area contributed by atoms with Gasteiger partial charge in [0, 0.05) is 5.92 Å². The summed E-state index contributed by atoms with van der Waals surface area (Å²) in [6.07, 6.45) is -0.605. The molecule has 3 rings (SSSR count). The van der Waals surface area contributed by atoms with Crippen molar-refractivity contribution in [1.29, 1.82) is 0 Å². The number of hydrogen-bond acceptors (Lipinski definition) is 3. The molecule has 1 saturated carbocycles. The number of Topliss-reactive ketones (excluding diaryl/α,β-unsaturated/α-hetero) is 1. The van der Waals surface area contributed by atoms with Crippen molar-refractivity contribution < 1.29 is 27.5 Å². The van der Waals surface area contributed by atoms with Crippen molar-refractivity contribution in [3.63, 3.8) is 0 Å². The highest BCUT2D eigenvalue weighted by atomic mass is 19.4. The number of esters is 1. The Labute approximate surface area is 108 Å². The fourth-order valence-corrected chi connectivity index (χ4v) is 3.12. The Bertz CT molecular complexity index is 427. The molecule has 3 aliphatic carbocycles. The number of fused-ring (bicyclic) bond motifs is 2. The molecule has 0 unspecified atom stereocenters. The second kappa shape index (κ2) is 4.65. The number of ketones is 1. The highest BCUT2D eigenvalue weighted by molar-refractivity contribution is 6.07. The van der Waals surface area contributed by atoms with Gasteiger partial charge in [0.15, 0.2) is 0 Å². The SMILES string of the molecule is CCOC(=O)[C@]1(C(=O)C(F)(F)F)C[C@@H]2C=C[C@H]1CC2. The number of carbonyl (C=O) groups is 2. The molecular formula is C13H15F3O3. The van der Waals surface area contributed by atoms with Gasteiger partial charge in [0.1, 0.15) is 5.41 Å². The van der Waals surface area contributed by atoms with E-state index in [-0.39, 0.29) is 18.9 Å². The Hall–Kier alpha value is -1.33. The fourth-order valence-electron chi connectivity index (χ4n) is 3.12. The first-order valence-electron chi connectivity index (χ1n) is 6.29. The second-order valence-electron chi connectivity index (χ2n) is 5.05.